The average Bonchev–Trinajstić information content (AvgIpc) is 3.01. The summed E-state index contributed by atoms with van der Waals surface area (Å²) in [5.41, 5.74) is 5.45. The molecule has 94 valence electrons. The van der Waals surface area contributed by atoms with Gasteiger partial charge in [0.2, 0.25) is 5.89 Å². The lowest BCUT2D eigenvalue weighted by Crippen LogP contribution is -2.45. The molecule has 2 heterocycles. The van der Waals surface area contributed by atoms with Crippen molar-refractivity contribution in [2.45, 2.75) is 37.1 Å². The zero-order valence-electron chi connectivity index (χ0n) is 9.42. The van der Waals surface area contributed by atoms with Crippen LogP contribution in [0.2, 0.25) is 0 Å². The summed E-state index contributed by atoms with van der Waals surface area (Å²) in [4.78, 5) is 4.32. The van der Waals surface area contributed by atoms with Gasteiger partial charge in [0, 0.05) is 5.92 Å². The van der Waals surface area contributed by atoms with E-state index in [2.05, 4.69) is 10.1 Å². The molecule has 0 bridgehead atoms. The predicted octanol–water partition coefficient (Wildman–Crippen LogP) is 0.310. The molecule has 7 heteroatoms. The Kier molecular flexibility index (Phi) is 2.31. The molecule has 0 amide bonds. The summed E-state index contributed by atoms with van der Waals surface area (Å²) in [6.07, 6.45) is 2.93. The molecular formula is C10H15N3O3S. The second-order valence-electron chi connectivity index (χ2n) is 5.04. The van der Waals surface area contributed by atoms with Gasteiger partial charge < -0.3 is 10.3 Å². The first-order chi connectivity index (χ1) is 7.99. The van der Waals surface area contributed by atoms with Crippen LogP contribution in [0.15, 0.2) is 4.52 Å². The fourth-order valence-corrected chi connectivity index (χ4v) is 3.61. The SMILES string of the molecule is NC1(c2noc(C3CC3)n2)CCS(=O)(=O)CC1. The summed E-state index contributed by atoms with van der Waals surface area (Å²) in [6, 6.07) is 0. The Hall–Kier alpha value is -0.950. The van der Waals surface area contributed by atoms with Crippen LogP contribution in [0.5, 0.6) is 0 Å². The van der Waals surface area contributed by atoms with Gasteiger partial charge in [-0.15, -0.1) is 0 Å². The third-order valence-electron chi connectivity index (χ3n) is 3.53. The van der Waals surface area contributed by atoms with E-state index in [1.165, 1.54) is 0 Å². The van der Waals surface area contributed by atoms with E-state index < -0.39 is 15.4 Å². The number of rotatable bonds is 2. The van der Waals surface area contributed by atoms with Gasteiger partial charge in [-0.3, -0.25) is 0 Å². The van der Waals surface area contributed by atoms with Crippen LogP contribution in [0.4, 0.5) is 0 Å². The van der Waals surface area contributed by atoms with E-state index in [1.807, 2.05) is 0 Å². The van der Waals surface area contributed by atoms with Crippen LogP contribution in [0.1, 0.15) is 43.3 Å². The van der Waals surface area contributed by atoms with Crippen molar-refractivity contribution in [1.29, 1.82) is 0 Å². The van der Waals surface area contributed by atoms with Crippen LogP contribution >= 0.6 is 0 Å². The van der Waals surface area contributed by atoms with E-state index in [-0.39, 0.29) is 11.5 Å². The maximum Gasteiger partial charge on any atom is 0.229 e. The molecule has 1 aliphatic heterocycles. The van der Waals surface area contributed by atoms with Gasteiger partial charge in [-0.05, 0) is 25.7 Å². The summed E-state index contributed by atoms with van der Waals surface area (Å²) in [5, 5.41) is 3.91. The molecule has 0 aromatic carbocycles. The first-order valence-electron chi connectivity index (χ1n) is 5.82. The Labute approximate surface area is 99.5 Å². The highest BCUT2D eigenvalue weighted by atomic mass is 32.2. The molecule has 3 rings (SSSR count). The number of nitrogens with two attached hydrogens (primary N) is 1. The summed E-state index contributed by atoms with van der Waals surface area (Å²) < 4.78 is 27.9. The molecule has 0 unspecified atom stereocenters. The van der Waals surface area contributed by atoms with Crippen molar-refractivity contribution in [3.8, 4) is 0 Å². The monoisotopic (exact) mass is 257 g/mol. The van der Waals surface area contributed by atoms with Crippen LogP contribution in [-0.4, -0.2) is 30.1 Å². The highest BCUT2D eigenvalue weighted by Crippen LogP contribution is 2.40. The number of aromatic nitrogens is 2. The van der Waals surface area contributed by atoms with Crippen molar-refractivity contribution in [2.24, 2.45) is 5.73 Å². The molecule has 17 heavy (non-hydrogen) atoms. The van der Waals surface area contributed by atoms with Gasteiger partial charge in [0.05, 0.1) is 17.0 Å². The quantitative estimate of drug-likeness (QED) is 0.818. The molecule has 1 saturated heterocycles. The van der Waals surface area contributed by atoms with Gasteiger partial charge in [-0.2, -0.15) is 4.98 Å². The van der Waals surface area contributed by atoms with Gasteiger partial charge in [0.15, 0.2) is 5.82 Å². The lowest BCUT2D eigenvalue weighted by atomic mass is 9.93. The molecule has 0 radical (unpaired) electrons. The minimum atomic E-state index is -2.93. The van der Waals surface area contributed by atoms with Crippen molar-refractivity contribution in [3.05, 3.63) is 11.7 Å². The molecule has 0 atom stereocenters. The van der Waals surface area contributed by atoms with Crippen LogP contribution in [0.3, 0.4) is 0 Å². The van der Waals surface area contributed by atoms with Crippen molar-refractivity contribution in [3.63, 3.8) is 0 Å². The second-order valence-corrected chi connectivity index (χ2v) is 7.34. The van der Waals surface area contributed by atoms with Crippen LogP contribution in [-0.2, 0) is 15.4 Å². The predicted molar refractivity (Wildman–Crippen MR) is 60.0 cm³/mol. The smallest absolute Gasteiger partial charge is 0.229 e. The Morgan fingerprint density at radius 3 is 2.53 bits per heavy atom. The van der Waals surface area contributed by atoms with Gasteiger partial charge in [-0.25, -0.2) is 8.42 Å². The van der Waals surface area contributed by atoms with Crippen molar-refractivity contribution >= 4 is 9.84 Å². The number of hydrogen-bond acceptors (Lipinski definition) is 6. The van der Waals surface area contributed by atoms with Crippen molar-refractivity contribution in [1.82, 2.24) is 10.1 Å². The minimum Gasteiger partial charge on any atom is -0.339 e. The van der Waals surface area contributed by atoms with E-state index in [9.17, 15) is 8.42 Å². The molecule has 1 aliphatic carbocycles. The van der Waals surface area contributed by atoms with E-state index in [0.29, 0.717) is 30.5 Å². The van der Waals surface area contributed by atoms with Crippen molar-refractivity contribution < 1.29 is 12.9 Å². The molecule has 2 fully saturated rings. The zero-order chi connectivity index (χ0) is 12.1. The highest BCUT2D eigenvalue weighted by molar-refractivity contribution is 7.91. The number of hydrogen-bond donors (Lipinski definition) is 1. The van der Waals surface area contributed by atoms with Crippen molar-refractivity contribution in [2.75, 3.05) is 11.5 Å². The zero-order valence-corrected chi connectivity index (χ0v) is 10.2. The van der Waals surface area contributed by atoms with Crippen LogP contribution in [0, 0.1) is 0 Å². The van der Waals surface area contributed by atoms with E-state index in [0.717, 1.165) is 12.8 Å². The maximum absolute atomic E-state index is 11.4. The molecule has 2 aliphatic rings. The van der Waals surface area contributed by atoms with E-state index in [4.69, 9.17) is 10.3 Å². The number of nitrogens with zero attached hydrogens (tertiary/aromatic N) is 2. The lowest BCUT2D eigenvalue weighted by molar-refractivity contribution is 0.330. The minimum absolute atomic E-state index is 0.108. The normalized spacial score (nSPS) is 26.9. The largest absolute Gasteiger partial charge is 0.339 e. The van der Waals surface area contributed by atoms with Gasteiger partial charge in [-0.1, -0.05) is 5.16 Å². The van der Waals surface area contributed by atoms with Gasteiger partial charge in [0.25, 0.3) is 0 Å². The summed E-state index contributed by atoms with van der Waals surface area (Å²) in [6.45, 7) is 0. The Bertz CT molecular complexity index is 519. The summed E-state index contributed by atoms with van der Waals surface area (Å²) in [5.74, 6) is 1.73. The summed E-state index contributed by atoms with van der Waals surface area (Å²) >= 11 is 0. The number of sulfone groups is 1. The molecule has 0 spiro atoms. The topological polar surface area (TPSA) is 99.1 Å². The second kappa shape index (κ2) is 3.52. The fraction of sp³-hybridized carbons (Fsp3) is 0.800. The third kappa shape index (κ3) is 2.09. The molecule has 1 aromatic rings. The molecule has 2 N–H and O–H groups in total. The molecule has 1 saturated carbocycles. The standard InChI is InChI=1S/C10H15N3O3S/c11-10(3-5-17(14,15)6-4-10)9-12-8(16-13-9)7-1-2-7/h7H,1-6,11H2. The van der Waals surface area contributed by atoms with E-state index >= 15 is 0 Å². The van der Waals surface area contributed by atoms with Crippen LogP contribution in [0.25, 0.3) is 0 Å². The molecule has 6 nitrogen and oxygen atoms in total. The van der Waals surface area contributed by atoms with Crippen LogP contribution < -0.4 is 5.73 Å². The fourth-order valence-electron chi connectivity index (χ4n) is 2.06. The molecular weight excluding hydrogens is 242 g/mol. The highest BCUT2D eigenvalue weighted by Gasteiger charge is 2.40. The average molecular weight is 257 g/mol. The Morgan fingerprint density at radius 1 is 1.29 bits per heavy atom. The molecule has 1 aromatic heterocycles. The Balaban J connectivity index is 1.82. The Morgan fingerprint density at radius 2 is 1.94 bits per heavy atom. The van der Waals surface area contributed by atoms with E-state index in [1.54, 1.807) is 0 Å². The van der Waals surface area contributed by atoms with Gasteiger partial charge >= 0.3 is 0 Å². The first kappa shape index (κ1) is 11.2. The first-order valence-corrected chi connectivity index (χ1v) is 7.64. The van der Waals surface area contributed by atoms with Gasteiger partial charge in [0.1, 0.15) is 9.84 Å². The third-order valence-corrected chi connectivity index (χ3v) is 5.18. The maximum atomic E-state index is 11.4. The lowest BCUT2D eigenvalue weighted by Gasteiger charge is -2.29. The summed E-state index contributed by atoms with van der Waals surface area (Å²) in [7, 11) is -2.93.